The molecule has 1 heterocycles. The van der Waals surface area contributed by atoms with Gasteiger partial charge in [-0.2, -0.15) is 0 Å². The number of nitrogens with one attached hydrogen (secondary N) is 1. The van der Waals surface area contributed by atoms with Crippen molar-refractivity contribution in [3.05, 3.63) is 53.8 Å². The zero-order valence-electron chi connectivity index (χ0n) is 15.0. The molecular weight excluding hydrogens is 392 g/mol. The molecule has 1 saturated heterocycles. The number of nitrogen functional groups attached to an aromatic ring is 1. The SMILES string of the molecule is COc1ccc(NC(=O)C2CCCN2Cc2ccc(F)cc2)cc1N.Cl.Cl. The van der Waals surface area contributed by atoms with Gasteiger partial charge in [0.25, 0.3) is 0 Å². The van der Waals surface area contributed by atoms with Gasteiger partial charge in [0.1, 0.15) is 11.6 Å². The predicted octanol–water partition coefficient (Wildman–Crippen LogP) is 3.86. The van der Waals surface area contributed by atoms with Crippen molar-refractivity contribution in [2.75, 3.05) is 24.7 Å². The van der Waals surface area contributed by atoms with Crippen LogP contribution in [0.5, 0.6) is 5.75 Å². The summed E-state index contributed by atoms with van der Waals surface area (Å²) in [6.45, 7) is 1.48. The highest BCUT2D eigenvalue weighted by Gasteiger charge is 2.30. The summed E-state index contributed by atoms with van der Waals surface area (Å²) in [7, 11) is 1.55. The molecule has 1 unspecified atom stereocenters. The Morgan fingerprint density at radius 3 is 2.59 bits per heavy atom. The van der Waals surface area contributed by atoms with E-state index >= 15 is 0 Å². The summed E-state index contributed by atoms with van der Waals surface area (Å²) < 4.78 is 18.2. The number of anilines is 2. The van der Waals surface area contributed by atoms with Crippen molar-refractivity contribution in [3.8, 4) is 5.75 Å². The molecule has 1 fully saturated rings. The number of amides is 1. The number of hydrogen-bond donors (Lipinski definition) is 2. The van der Waals surface area contributed by atoms with Gasteiger partial charge in [-0.3, -0.25) is 9.69 Å². The lowest BCUT2D eigenvalue weighted by Crippen LogP contribution is -2.39. The first kappa shape index (κ1) is 23.0. The first-order chi connectivity index (χ1) is 12.1. The highest BCUT2D eigenvalue weighted by atomic mass is 35.5. The lowest BCUT2D eigenvalue weighted by atomic mass is 10.1. The smallest absolute Gasteiger partial charge is 0.241 e. The average molecular weight is 416 g/mol. The van der Waals surface area contributed by atoms with Crippen LogP contribution in [-0.2, 0) is 11.3 Å². The second kappa shape index (κ2) is 10.3. The third kappa shape index (κ3) is 5.73. The Bertz CT molecular complexity index is 759. The fourth-order valence-electron chi connectivity index (χ4n) is 3.17. The molecule has 5 nitrogen and oxygen atoms in total. The number of halogens is 3. The molecule has 0 radical (unpaired) electrons. The van der Waals surface area contributed by atoms with Crippen LogP contribution in [0.1, 0.15) is 18.4 Å². The van der Waals surface area contributed by atoms with Crippen molar-refractivity contribution < 1.29 is 13.9 Å². The third-order valence-corrected chi connectivity index (χ3v) is 4.46. The van der Waals surface area contributed by atoms with Gasteiger partial charge in [-0.25, -0.2) is 4.39 Å². The highest BCUT2D eigenvalue weighted by molar-refractivity contribution is 5.95. The molecule has 0 aliphatic carbocycles. The van der Waals surface area contributed by atoms with E-state index in [1.807, 2.05) is 0 Å². The Morgan fingerprint density at radius 1 is 1.26 bits per heavy atom. The standard InChI is InChI=1S/C19H22FN3O2.2ClH/c1-25-18-9-8-15(11-16(18)21)22-19(24)17-3-2-10-23(17)12-13-4-6-14(20)7-5-13;;/h4-9,11,17H,2-3,10,12,21H2,1H3,(H,22,24);2*1H. The molecule has 8 heteroatoms. The van der Waals surface area contributed by atoms with E-state index in [0.29, 0.717) is 23.7 Å². The second-order valence-electron chi connectivity index (χ2n) is 6.20. The summed E-state index contributed by atoms with van der Waals surface area (Å²) in [4.78, 5) is 14.8. The fourth-order valence-corrected chi connectivity index (χ4v) is 3.17. The molecule has 0 saturated carbocycles. The first-order valence-corrected chi connectivity index (χ1v) is 8.29. The maximum atomic E-state index is 13.0. The molecule has 0 spiro atoms. The van der Waals surface area contributed by atoms with Gasteiger partial charge >= 0.3 is 0 Å². The Labute approximate surface area is 170 Å². The Hall–Kier alpha value is -2.02. The van der Waals surface area contributed by atoms with Gasteiger partial charge in [-0.1, -0.05) is 12.1 Å². The summed E-state index contributed by atoms with van der Waals surface area (Å²) >= 11 is 0. The number of nitrogens with two attached hydrogens (primary N) is 1. The zero-order valence-corrected chi connectivity index (χ0v) is 16.6. The number of methoxy groups -OCH3 is 1. The van der Waals surface area contributed by atoms with Crippen LogP contribution in [0.25, 0.3) is 0 Å². The maximum absolute atomic E-state index is 13.0. The molecule has 2 aromatic carbocycles. The lowest BCUT2D eigenvalue weighted by Gasteiger charge is -2.24. The maximum Gasteiger partial charge on any atom is 0.241 e. The van der Waals surface area contributed by atoms with E-state index in [0.717, 1.165) is 24.9 Å². The van der Waals surface area contributed by atoms with Crippen LogP contribution in [0.4, 0.5) is 15.8 Å². The molecule has 3 N–H and O–H groups in total. The van der Waals surface area contributed by atoms with Crippen LogP contribution in [0.15, 0.2) is 42.5 Å². The largest absolute Gasteiger partial charge is 0.495 e. The van der Waals surface area contributed by atoms with E-state index in [4.69, 9.17) is 10.5 Å². The number of rotatable bonds is 5. The molecule has 0 bridgehead atoms. The van der Waals surface area contributed by atoms with Gasteiger partial charge in [0.05, 0.1) is 18.8 Å². The van der Waals surface area contributed by atoms with Crippen molar-refractivity contribution in [1.29, 1.82) is 0 Å². The van der Waals surface area contributed by atoms with E-state index in [-0.39, 0.29) is 42.6 Å². The second-order valence-corrected chi connectivity index (χ2v) is 6.20. The fraction of sp³-hybridized carbons (Fsp3) is 0.316. The number of benzene rings is 2. The van der Waals surface area contributed by atoms with Crippen LogP contribution >= 0.6 is 24.8 Å². The molecule has 1 aliphatic rings. The number of nitrogens with zero attached hydrogens (tertiary/aromatic N) is 1. The first-order valence-electron chi connectivity index (χ1n) is 8.29. The molecule has 148 valence electrons. The van der Waals surface area contributed by atoms with Crippen LogP contribution in [0.2, 0.25) is 0 Å². The van der Waals surface area contributed by atoms with Gasteiger partial charge in [-0.15, -0.1) is 24.8 Å². The quantitative estimate of drug-likeness (QED) is 0.727. The Balaban J connectivity index is 0.00000182. The number of hydrogen-bond acceptors (Lipinski definition) is 4. The van der Waals surface area contributed by atoms with Crippen molar-refractivity contribution in [2.45, 2.75) is 25.4 Å². The van der Waals surface area contributed by atoms with E-state index in [2.05, 4.69) is 10.2 Å². The van der Waals surface area contributed by atoms with Crippen LogP contribution in [0, 0.1) is 5.82 Å². The average Bonchev–Trinajstić information content (AvgIpc) is 3.05. The molecule has 0 aromatic heterocycles. The van der Waals surface area contributed by atoms with E-state index in [1.54, 1.807) is 37.4 Å². The minimum atomic E-state index is -0.253. The van der Waals surface area contributed by atoms with Gasteiger partial charge < -0.3 is 15.8 Å². The zero-order chi connectivity index (χ0) is 17.8. The van der Waals surface area contributed by atoms with E-state index in [1.165, 1.54) is 12.1 Å². The van der Waals surface area contributed by atoms with Gasteiger partial charge in [0.15, 0.2) is 0 Å². The predicted molar refractivity (Wildman–Crippen MR) is 110 cm³/mol. The molecule has 2 aromatic rings. The van der Waals surface area contributed by atoms with E-state index in [9.17, 15) is 9.18 Å². The minimum absolute atomic E-state index is 0. The molecule has 1 atom stereocenters. The van der Waals surface area contributed by atoms with Gasteiger partial charge in [-0.05, 0) is 55.3 Å². The monoisotopic (exact) mass is 415 g/mol. The Kier molecular flexibility index (Phi) is 8.82. The van der Waals surface area contributed by atoms with Crippen LogP contribution < -0.4 is 15.8 Å². The van der Waals surface area contributed by atoms with Crippen molar-refractivity contribution >= 4 is 42.1 Å². The number of likely N-dealkylation sites (tertiary alicyclic amines) is 1. The molecule has 1 aliphatic heterocycles. The van der Waals surface area contributed by atoms with Crippen molar-refractivity contribution in [3.63, 3.8) is 0 Å². The normalized spacial score (nSPS) is 16.1. The molecule has 1 amide bonds. The topological polar surface area (TPSA) is 67.6 Å². The molecular formula is C19H24Cl2FN3O2. The molecule has 3 rings (SSSR count). The minimum Gasteiger partial charge on any atom is -0.495 e. The molecule has 27 heavy (non-hydrogen) atoms. The van der Waals surface area contributed by atoms with Crippen LogP contribution in [0.3, 0.4) is 0 Å². The number of carbonyl (C=O) groups is 1. The summed E-state index contributed by atoms with van der Waals surface area (Å²) in [6, 6.07) is 11.4. The third-order valence-electron chi connectivity index (χ3n) is 4.46. The van der Waals surface area contributed by atoms with Crippen molar-refractivity contribution in [1.82, 2.24) is 4.90 Å². The highest BCUT2D eigenvalue weighted by Crippen LogP contribution is 2.26. The lowest BCUT2D eigenvalue weighted by molar-refractivity contribution is -0.120. The summed E-state index contributed by atoms with van der Waals surface area (Å²) in [6.07, 6.45) is 1.77. The number of carbonyl (C=O) groups excluding carboxylic acids is 1. The summed E-state index contributed by atoms with van der Waals surface area (Å²) in [5, 5.41) is 2.92. The van der Waals surface area contributed by atoms with Gasteiger partial charge in [0, 0.05) is 12.2 Å². The number of ether oxygens (including phenoxy) is 1. The van der Waals surface area contributed by atoms with Crippen LogP contribution in [-0.4, -0.2) is 30.5 Å². The summed E-state index contributed by atoms with van der Waals surface area (Å²) in [5.41, 5.74) is 8.01. The Morgan fingerprint density at radius 2 is 1.96 bits per heavy atom. The van der Waals surface area contributed by atoms with Crippen molar-refractivity contribution in [2.24, 2.45) is 0 Å². The summed E-state index contributed by atoms with van der Waals surface area (Å²) in [5.74, 6) is 0.275. The van der Waals surface area contributed by atoms with E-state index < -0.39 is 0 Å². The van der Waals surface area contributed by atoms with Gasteiger partial charge in [0.2, 0.25) is 5.91 Å².